The fourth-order valence-corrected chi connectivity index (χ4v) is 2.54. The van der Waals surface area contributed by atoms with E-state index in [1.54, 1.807) is 0 Å². The molecule has 2 aromatic heterocycles. The van der Waals surface area contributed by atoms with E-state index in [1.165, 1.54) is 16.9 Å². The Bertz CT molecular complexity index is 883. The minimum Gasteiger partial charge on any atom is -0.476 e. The van der Waals surface area contributed by atoms with Crippen molar-refractivity contribution in [1.82, 2.24) is 19.7 Å². The van der Waals surface area contributed by atoms with Crippen LogP contribution in [0.1, 0.15) is 29.0 Å². The van der Waals surface area contributed by atoms with Crippen LogP contribution in [0.5, 0.6) is 0 Å². The Balaban J connectivity index is 1.65. The number of benzene rings is 1. The Hall–Kier alpha value is -3.35. The summed E-state index contributed by atoms with van der Waals surface area (Å²) in [6.07, 6.45) is 5.39. The van der Waals surface area contributed by atoms with Crippen LogP contribution in [-0.2, 0) is 11.3 Å². The summed E-state index contributed by atoms with van der Waals surface area (Å²) in [6, 6.07) is 13.0. The molecule has 2 N–H and O–H groups in total. The van der Waals surface area contributed by atoms with Crippen molar-refractivity contribution in [3.05, 3.63) is 72.3 Å². The first kappa shape index (κ1) is 16.5. The quantitative estimate of drug-likeness (QED) is 0.721. The van der Waals surface area contributed by atoms with E-state index >= 15 is 0 Å². The predicted octanol–water partition coefficient (Wildman–Crippen LogP) is 2.25. The van der Waals surface area contributed by atoms with Gasteiger partial charge in [-0.1, -0.05) is 12.1 Å². The SMILES string of the molecule is CC(NC(=O)Cn1ccc(C(=O)O)n1)c1cccc(-n2cccc2)c1. The van der Waals surface area contributed by atoms with Crippen molar-refractivity contribution in [2.45, 2.75) is 19.5 Å². The maximum atomic E-state index is 12.2. The largest absolute Gasteiger partial charge is 0.476 e. The lowest BCUT2D eigenvalue weighted by Gasteiger charge is -2.16. The van der Waals surface area contributed by atoms with Gasteiger partial charge in [-0.15, -0.1) is 0 Å². The van der Waals surface area contributed by atoms with Gasteiger partial charge in [0, 0.05) is 24.3 Å². The van der Waals surface area contributed by atoms with Gasteiger partial charge >= 0.3 is 5.97 Å². The maximum absolute atomic E-state index is 12.2. The van der Waals surface area contributed by atoms with Crippen LogP contribution in [-0.4, -0.2) is 31.3 Å². The maximum Gasteiger partial charge on any atom is 0.356 e. The van der Waals surface area contributed by atoms with Gasteiger partial charge in [0.15, 0.2) is 5.69 Å². The fraction of sp³-hybridized carbons (Fsp3) is 0.167. The van der Waals surface area contributed by atoms with Crippen molar-refractivity contribution in [3.63, 3.8) is 0 Å². The van der Waals surface area contributed by atoms with Crippen molar-refractivity contribution in [2.24, 2.45) is 0 Å². The number of nitrogens with zero attached hydrogens (tertiary/aromatic N) is 3. The monoisotopic (exact) mass is 338 g/mol. The number of rotatable bonds is 6. The number of carbonyl (C=O) groups excluding carboxylic acids is 1. The van der Waals surface area contributed by atoms with Crippen LogP contribution in [0, 0.1) is 0 Å². The van der Waals surface area contributed by atoms with Crippen molar-refractivity contribution in [3.8, 4) is 5.69 Å². The average Bonchev–Trinajstić information content (AvgIpc) is 3.26. The number of aromatic carboxylic acids is 1. The van der Waals surface area contributed by atoms with Crippen LogP contribution < -0.4 is 5.32 Å². The molecule has 7 heteroatoms. The topological polar surface area (TPSA) is 89.2 Å². The Morgan fingerprint density at radius 3 is 2.60 bits per heavy atom. The number of amides is 1. The van der Waals surface area contributed by atoms with Gasteiger partial charge in [0.05, 0.1) is 6.04 Å². The van der Waals surface area contributed by atoms with Gasteiger partial charge < -0.3 is 15.0 Å². The van der Waals surface area contributed by atoms with E-state index in [-0.39, 0.29) is 24.2 Å². The molecule has 128 valence electrons. The number of carboxylic acid groups (broad SMARTS) is 1. The van der Waals surface area contributed by atoms with Crippen molar-refractivity contribution < 1.29 is 14.7 Å². The van der Waals surface area contributed by atoms with Crippen LogP contribution in [0.3, 0.4) is 0 Å². The fourth-order valence-electron chi connectivity index (χ4n) is 2.54. The average molecular weight is 338 g/mol. The van der Waals surface area contributed by atoms with E-state index in [4.69, 9.17) is 5.11 Å². The number of carbonyl (C=O) groups is 2. The summed E-state index contributed by atoms with van der Waals surface area (Å²) in [6.45, 7) is 1.87. The lowest BCUT2D eigenvalue weighted by molar-refractivity contribution is -0.122. The standard InChI is InChI=1S/C18H18N4O3/c1-13(14-5-4-6-15(11-14)21-8-2-3-9-21)19-17(23)12-22-10-7-16(20-22)18(24)25/h2-11,13H,12H2,1H3,(H,19,23)(H,24,25). The number of nitrogens with one attached hydrogen (secondary N) is 1. The molecule has 1 atom stereocenters. The molecule has 0 spiro atoms. The minimum atomic E-state index is -1.12. The lowest BCUT2D eigenvalue weighted by atomic mass is 10.1. The molecule has 1 unspecified atom stereocenters. The summed E-state index contributed by atoms with van der Waals surface area (Å²) >= 11 is 0. The Morgan fingerprint density at radius 2 is 1.92 bits per heavy atom. The van der Waals surface area contributed by atoms with Gasteiger partial charge in [0.25, 0.3) is 0 Å². The van der Waals surface area contributed by atoms with Gasteiger partial charge in [-0.3, -0.25) is 9.48 Å². The number of aromatic nitrogens is 3. The van der Waals surface area contributed by atoms with E-state index in [0.29, 0.717) is 0 Å². The molecule has 1 aromatic carbocycles. The van der Waals surface area contributed by atoms with Crippen LogP contribution in [0.25, 0.3) is 5.69 Å². The predicted molar refractivity (Wildman–Crippen MR) is 91.5 cm³/mol. The second-order valence-corrected chi connectivity index (χ2v) is 5.68. The Labute approximate surface area is 144 Å². The highest BCUT2D eigenvalue weighted by atomic mass is 16.4. The van der Waals surface area contributed by atoms with Crippen molar-refractivity contribution in [1.29, 1.82) is 0 Å². The highest BCUT2D eigenvalue weighted by molar-refractivity contribution is 5.85. The Kier molecular flexibility index (Phi) is 4.65. The van der Waals surface area contributed by atoms with E-state index in [1.807, 2.05) is 60.3 Å². The van der Waals surface area contributed by atoms with Crippen LogP contribution in [0.2, 0.25) is 0 Å². The third-order valence-corrected chi connectivity index (χ3v) is 3.82. The second-order valence-electron chi connectivity index (χ2n) is 5.68. The zero-order chi connectivity index (χ0) is 17.8. The summed E-state index contributed by atoms with van der Waals surface area (Å²) in [4.78, 5) is 23.0. The highest BCUT2D eigenvalue weighted by Crippen LogP contribution is 2.17. The molecule has 0 aliphatic rings. The van der Waals surface area contributed by atoms with E-state index < -0.39 is 5.97 Å². The molecule has 3 aromatic rings. The van der Waals surface area contributed by atoms with Crippen LogP contribution in [0.15, 0.2) is 61.1 Å². The first-order chi connectivity index (χ1) is 12.0. The highest BCUT2D eigenvalue weighted by Gasteiger charge is 2.13. The van der Waals surface area contributed by atoms with Gasteiger partial charge in [-0.2, -0.15) is 5.10 Å². The molecule has 0 fully saturated rings. The second kappa shape index (κ2) is 7.04. The summed E-state index contributed by atoms with van der Waals surface area (Å²) in [5.41, 5.74) is 1.91. The minimum absolute atomic E-state index is 0.0328. The zero-order valence-corrected chi connectivity index (χ0v) is 13.7. The van der Waals surface area contributed by atoms with Crippen LogP contribution in [0.4, 0.5) is 0 Å². The molecule has 7 nitrogen and oxygen atoms in total. The number of hydrogen-bond acceptors (Lipinski definition) is 3. The molecule has 25 heavy (non-hydrogen) atoms. The molecule has 3 rings (SSSR count). The molecule has 0 bridgehead atoms. The van der Waals surface area contributed by atoms with Crippen molar-refractivity contribution in [2.75, 3.05) is 0 Å². The van der Waals surface area contributed by atoms with Gasteiger partial charge in [-0.25, -0.2) is 4.79 Å². The molecule has 0 radical (unpaired) electrons. The van der Waals surface area contributed by atoms with Crippen LogP contribution >= 0.6 is 0 Å². The van der Waals surface area contributed by atoms with Crippen molar-refractivity contribution >= 4 is 11.9 Å². The third kappa shape index (κ3) is 3.95. The summed E-state index contributed by atoms with van der Waals surface area (Å²) < 4.78 is 3.30. The molecule has 0 saturated heterocycles. The van der Waals surface area contributed by atoms with E-state index in [0.717, 1.165) is 11.3 Å². The molecule has 0 aliphatic carbocycles. The summed E-state index contributed by atoms with van der Waals surface area (Å²) in [5.74, 6) is -1.35. The molecule has 1 amide bonds. The lowest BCUT2D eigenvalue weighted by Crippen LogP contribution is -2.30. The molecule has 0 saturated carbocycles. The normalized spacial score (nSPS) is 11.9. The molecular weight excluding hydrogens is 320 g/mol. The van der Waals surface area contributed by atoms with Gasteiger partial charge in [0.2, 0.25) is 5.91 Å². The smallest absolute Gasteiger partial charge is 0.356 e. The van der Waals surface area contributed by atoms with E-state index in [9.17, 15) is 9.59 Å². The zero-order valence-electron chi connectivity index (χ0n) is 13.7. The van der Waals surface area contributed by atoms with Gasteiger partial charge in [0.1, 0.15) is 6.54 Å². The first-order valence-electron chi connectivity index (χ1n) is 7.82. The Morgan fingerprint density at radius 1 is 1.16 bits per heavy atom. The number of hydrogen-bond donors (Lipinski definition) is 2. The molecule has 0 aliphatic heterocycles. The summed E-state index contributed by atoms with van der Waals surface area (Å²) in [7, 11) is 0. The van der Waals surface area contributed by atoms with E-state index in [2.05, 4.69) is 10.4 Å². The molecule has 2 heterocycles. The van der Waals surface area contributed by atoms with Gasteiger partial charge in [-0.05, 0) is 42.8 Å². The summed E-state index contributed by atoms with van der Waals surface area (Å²) in [5, 5.41) is 15.6. The molecular formula is C18H18N4O3. The first-order valence-corrected chi connectivity index (χ1v) is 7.82. The number of carboxylic acids is 1. The third-order valence-electron chi connectivity index (χ3n) is 3.82.